The van der Waals surface area contributed by atoms with Gasteiger partial charge >= 0.3 is 5.97 Å². The van der Waals surface area contributed by atoms with E-state index in [4.69, 9.17) is 23.7 Å². The Balaban J connectivity index is 1.01. The van der Waals surface area contributed by atoms with Crippen LogP contribution in [0.3, 0.4) is 0 Å². The molecule has 0 aromatic heterocycles. The van der Waals surface area contributed by atoms with E-state index >= 15 is 0 Å². The average Bonchev–Trinajstić information content (AvgIpc) is 4.09. The number of hydrogen-bond donors (Lipinski definition) is 0. The summed E-state index contributed by atoms with van der Waals surface area (Å²) in [6.45, 7) is 5.65. The molecule has 2 heterocycles. The number of amides is 1. The summed E-state index contributed by atoms with van der Waals surface area (Å²) in [5.74, 6) is 1.50. The summed E-state index contributed by atoms with van der Waals surface area (Å²) in [4.78, 5) is 28.9. The number of benzene rings is 5. The fourth-order valence-electron chi connectivity index (χ4n) is 6.03. The smallest absolute Gasteiger partial charge is 0.343 e. The summed E-state index contributed by atoms with van der Waals surface area (Å²) in [5, 5.41) is 3.90. The lowest BCUT2D eigenvalue weighted by atomic mass is 10.0. The van der Waals surface area contributed by atoms with Crippen LogP contribution >= 0.6 is 0 Å². The largest absolute Gasteiger partial charge is 0.493 e. The number of epoxide rings is 2. The number of fused-ring (bicyclic) bond motifs is 2. The second-order valence-electron chi connectivity index (χ2n) is 13.0. The minimum absolute atomic E-state index is 0.0699. The molecule has 2 fully saturated rings. The Hall–Kier alpha value is -4.92. The van der Waals surface area contributed by atoms with Crippen molar-refractivity contribution in [3.8, 4) is 17.2 Å². The standard InChI is InChI=1S/C42H43NO7/c1-2-3-4-5-20-43(41(44)33-8-6-31-25-37(14-10-29(31)23-33)46-21-18-39-27-48-39)35-12-16-36(17-13-35)50-42(45)34-9-7-32-26-38(15-11-30(32)24-34)47-22-19-40-28-49-40/h6-17,23-26,39-40H,2-5,18-22,27-28H2,1H3. The lowest BCUT2D eigenvalue weighted by Crippen LogP contribution is -2.32. The monoisotopic (exact) mass is 673 g/mol. The molecule has 0 bridgehead atoms. The van der Waals surface area contributed by atoms with Crippen molar-refractivity contribution in [3.05, 3.63) is 108 Å². The maximum absolute atomic E-state index is 14.0. The molecule has 8 heteroatoms. The van der Waals surface area contributed by atoms with Gasteiger partial charge in [-0.2, -0.15) is 0 Å². The summed E-state index contributed by atoms with van der Waals surface area (Å²) < 4.78 is 28.0. The van der Waals surface area contributed by atoms with Crippen LogP contribution < -0.4 is 19.1 Å². The van der Waals surface area contributed by atoms with Crippen molar-refractivity contribution in [3.63, 3.8) is 0 Å². The number of rotatable bonds is 17. The highest BCUT2D eigenvalue weighted by Gasteiger charge is 2.23. The molecule has 2 unspecified atom stereocenters. The summed E-state index contributed by atoms with van der Waals surface area (Å²) in [6.07, 6.45) is 6.61. The molecule has 0 aliphatic carbocycles. The third-order valence-corrected chi connectivity index (χ3v) is 9.17. The molecular weight excluding hydrogens is 630 g/mol. The first kappa shape index (κ1) is 33.6. The van der Waals surface area contributed by atoms with E-state index in [1.54, 1.807) is 18.2 Å². The number of nitrogens with zero attached hydrogens (tertiary/aromatic N) is 1. The fourth-order valence-corrected chi connectivity index (χ4v) is 6.03. The summed E-state index contributed by atoms with van der Waals surface area (Å²) in [7, 11) is 0. The topological polar surface area (TPSA) is 90.1 Å². The highest BCUT2D eigenvalue weighted by molar-refractivity contribution is 6.08. The maximum atomic E-state index is 14.0. The molecule has 2 aliphatic heterocycles. The second kappa shape index (κ2) is 15.7. The van der Waals surface area contributed by atoms with Crippen molar-refractivity contribution in [2.24, 2.45) is 0 Å². The number of unbranched alkanes of at least 4 members (excludes halogenated alkanes) is 3. The van der Waals surface area contributed by atoms with Crippen LogP contribution in [0, 0.1) is 0 Å². The van der Waals surface area contributed by atoms with Gasteiger partial charge in [0.1, 0.15) is 17.2 Å². The zero-order chi connectivity index (χ0) is 34.3. The predicted molar refractivity (Wildman–Crippen MR) is 195 cm³/mol. The molecule has 258 valence electrons. The van der Waals surface area contributed by atoms with Crippen molar-refractivity contribution >= 4 is 39.1 Å². The minimum atomic E-state index is -0.446. The van der Waals surface area contributed by atoms with Crippen LogP contribution in [0.25, 0.3) is 21.5 Å². The zero-order valence-electron chi connectivity index (χ0n) is 28.5. The Morgan fingerprint density at radius 3 is 1.74 bits per heavy atom. The molecule has 1 amide bonds. The molecule has 7 rings (SSSR count). The molecule has 2 saturated heterocycles. The number of carbonyl (C=O) groups is 2. The predicted octanol–water partition coefficient (Wildman–Crippen LogP) is 8.77. The molecule has 5 aromatic carbocycles. The van der Waals surface area contributed by atoms with Crippen LogP contribution in [0.4, 0.5) is 5.69 Å². The Kier molecular flexibility index (Phi) is 10.6. The Bertz CT molecular complexity index is 1950. The van der Waals surface area contributed by atoms with E-state index in [1.807, 2.05) is 83.8 Å². The Morgan fingerprint density at radius 2 is 1.16 bits per heavy atom. The first-order valence-electron chi connectivity index (χ1n) is 17.7. The Labute approximate surface area is 292 Å². The molecule has 5 aromatic rings. The van der Waals surface area contributed by atoms with Gasteiger partial charge in [-0.05, 0) is 101 Å². The first-order chi connectivity index (χ1) is 24.5. The highest BCUT2D eigenvalue weighted by Crippen LogP contribution is 2.28. The van der Waals surface area contributed by atoms with Crippen LogP contribution in [0.1, 0.15) is 66.2 Å². The van der Waals surface area contributed by atoms with E-state index in [0.717, 1.165) is 90.5 Å². The summed E-state index contributed by atoms with van der Waals surface area (Å²) >= 11 is 0. The molecular formula is C42H43NO7. The third-order valence-electron chi connectivity index (χ3n) is 9.17. The minimum Gasteiger partial charge on any atom is -0.493 e. The van der Waals surface area contributed by atoms with Crippen molar-refractivity contribution in [2.45, 2.75) is 57.7 Å². The number of anilines is 1. The average molecular weight is 674 g/mol. The number of ether oxygens (including phenoxy) is 5. The van der Waals surface area contributed by atoms with Gasteiger partial charge in [0.05, 0.1) is 44.2 Å². The molecule has 8 nitrogen and oxygen atoms in total. The molecule has 0 spiro atoms. The van der Waals surface area contributed by atoms with E-state index in [-0.39, 0.29) is 5.91 Å². The van der Waals surface area contributed by atoms with Gasteiger partial charge in [0.2, 0.25) is 0 Å². The fraction of sp³-hybridized carbons (Fsp3) is 0.333. The summed E-state index contributed by atoms with van der Waals surface area (Å²) in [6, 6.07) is 30.3. The van der Waals surface area contributed by atoms with Gasteiger partial charge in [-0.3, -0.25) is 4.79 Å². The van der Waals surface area contributed by atoms with Gasteiger partial charge in [-0.1, -0.05) is 50.5 Å². The second-order valence-corrected chi connectivity index (χ2v) is 13.0. The van der Waals surface area contributed by atoms with E-state index in [9.17, 15) is 9.59 Å². The van der Waals surface area contributed by atoms with E-state index in [2.05, 4.69) is 6.92 Å². The third kappa shape index (κ3) is 8.80. The van der Waals surface area contributed by atoms with Crippen molar-refractivity contribution in [1.29, 1.82) is 0 Å². The van der Waals surface area contributed by atoms with Crippen molar-refractivity contribution in [1.82, 2.24) is 0 Å². The summed E-state index contributed by atoms with van der Waals surface area (Å²) in [5.41, 5.74) is 1.82. The van der Waals surface area contributed by atoms with Crippen LogP contribution in [0.15, 0.2) is 97.1 Å². The first-order valence-corrected chi connectivity index (χ1v) is 17.7. The molecule has 0 saturated carbocycles. The van der Waals surface area contributed by atoms with Crippen LogP contribution in [0.2, 0.25) is 0 Å². The van der Waals surface area contributed by atoms with Gasteiger partial charge in [0.15, 0.2) is 0 Å². The van der Waals surface area contributed by atoms with Crippen LogP contribution in [0.5, 0.6) is 17.2 Å². The number of hydrogen-bond acceptors (Lipinski definition) is 7. The van der Waals surface area contributed by atoms with E-state index in [0.29, 0.717) is 48.8 Å². The molecule has 50 heavy (non-hydrogen) atoms. The van der Waals surface area contributed by atoms with Gasteiger partial charge < -0.3 is 28.6 Å². The van der Waals surface area contributed by atoms with Crippen LogP contribution in [-0.4, -0.2) is 57.1 Å². The van der Waals surface area contributed by atoms with E-state index in [1.165, 1.54) is 0 Å². The lowest BCUT2D eigenvalue weighted by molar-refractivity contribution is 0.0734. The molecule has 0 radical (unpaired) electrons. The van der Waals surface area contributed by atoms with Crippen LogP contribution in [-0.2, 0) is 9.47 Å². The van der Waals surface area contributed by atoms with Crippen molar-refractivity contribution in [2.75, 3.05) is 37.9 Å². The molecule has 2 aliphatic rings. The van der Waals surface area contributed by atoms with Gasteiger partial charge in [0.25, 0.3) is 5.91 Å². The normalized spacial score (nSPS) is 16.3. The lowest BCUT2D eigenvalue weighted by Gasteiger charge is -2.23. The number of carbonyl (C=O) groups excluding carboxylic acids is 2. The van der Waals surface area contributed by atoms with E-state index < -0.39 is 5.97 Å². The molecule has 2 atom stereocenters. The molecule has 0 N–H and O–H groups in total. The van der Waals surface area contributed by atoms with Gasteiger partial charge in [0, 0.05) is 30.6 Å². The van der Waals surface area contributed by atoms with Crippen molar-refractivity contribution < 1.29 is 33.3 Å². The maximum Gasteiger partial charge on any atom is 0.343 e. The quantitative estimate of drug-likeness (QED) is 0.0422. The zero-order valence-corrected chi connectivity index (χ0v) is 28.5. The SMILES string of the molecule is CCCCCCN(C(=O)c1ccc2cc(OCCC3CO3)ccc2c1)c1ccc(OC(=O)c2ccc3cc(OCCC4CO4)ccc3c2)cc1. The van der Waals surface area contributed by atoms with Gasteiger partial charge in [-0.15, -0.1) is 0 Å². The Morgan fingerprint density at radius 1 is 0.640 bits per heavy atom. The highest BCUT2D eigenvalue weighted by atomic mass is 16.6. The number of esters is 1. The van der Waals surface area contributed by atoms with Gasteiger partial charge in [-0.25, -0.2) is 4.79 Å².